The van der Waals surface area contributed by atoms with Crippen LogP contribution >= 0.6 is 0 Å². The Bertz CT molecular complexity index is 588. The minimum atomic E-state index is -1.44. The highest BCUT2D eigenvalue weighted by molar-refractivity contribution is 6.13. The molecule has 22 heavy (non-hydrogen) atoms. The van der Waals surface area contributed by atoms with Gasteiger partial charge in [0.05, 0.1) is 5.71 Å². The average Bonchev–Trinajstić information content (AvgIpc) is 2.52. The molecule has 2 aromatic rings. The Morgan fingerprint density at radius 3 is 1.86 bits per heavy atom. The van der Waals surface area contributed by atoms with E-state index in [-0.39, 0.29) is 6.42 Å². The molecule has 0 N–H and O–H groups in total. The van der Waals surface area contributed by atoms with Crippen molar-refractivity contribution in [1.82, 2.24) is 0 Å². The van der Waals surface area contributed by atoms with Gasteiger partial charge in [0.15, 0.2) is 0 Å². The molecule has 0 aromatic heterocycles. The Labute approximate surface area is 130 Å². The normalized spacial score (nSPS) is 12.5. The van der Waals surface area contributed by atoms with E-state index < -0.39 is 11.7 Å². The van der Waals surface area contributed by atoms with Gasteiger partial charge in [-0.15, -0.1) is 0 Å². The molecule has 0 aliphatic rings. The summed E-state index contributed by atoms with van der Waals surface area (Å²) in [5, 5.41) is 0. The summed E-state index contributed by atoms with van der Waals surface area (Å²) in [5.41, 5.74) is 1.10. The van der Waals surface area contributed by atoms with E-state index in [1.807, 2.05) is 60.7 Å². The van der Waals surface area contributed by atoms with E-state index in [0.717, 1.165) is 11.1 Å². The molecule has 0 aliphatic carbocycles. The van der Waals surface area contributed by atoms with Crippen LogP contribution in [-0.4, -0.2) is 23.7 Å². The SMILES string of the molecule is CC(C)(F)CC(C=O)N=C(c1ccccc1)c1ccccc1. The second kappa shape index (κ2) is 7.12. The maximum Gasteiger partial charge on any atom is 0.144 e. The Balaban J connectivity index is 2.44. The van der Waals surface area contributed by atoms with Crippen molar-refractivity contribution in [1.29, 1.82) is 0 Å². The molecule has 0 fully saturated rings. The van der Waals surface area contributed by atoms with E-state index in [9.17, 15) is 9.18 Å². The van der Waals surface area contributed by atoms with E-state index >= 15 is 0 Å². The van der Waals surface area contributed by atoms with Crippen molar-refractivity contribution in [3.63, 3.8) is 0 Å². The third kappa shape index (κ3) is 4.62. The number of alkyl halides is 1. The third-order valence-corrected chi connectivity index (χ3v) is 3.24. The van der Waals surface area contributed by atoms with Crippen LogP contribution in [-0.2, 0) is 4.79 Å². The number of rotatable bonds is 6. The summed E-state index contributed by atoms with van der Waals surface area (Å²) in [4.78, 5) is 15.8. The lowest BCUT2D eigenvalue weighted by Crippen LogP contribution is -2.23. The molecular formula is C19H20FNO. The van der Waals surface area contributed by atoms with E-state index in [2.05, 4.69) is 4.99 Å². The Hall–Kier alpha value is -2.29. The Morgan fingerprint density at radius 1 is 1.05 bits per heavy atom. The van der Waals surface area contributed by atoms with Gasteiger partial charge in [-0.3, -0.25) is 4.99 Å². The first-order chi connectivity index (χ1) is 10.5. The number of hydrogen-bond acceptors (Lipinski definition) is 2. The summed E-state index contributed by atoms with van der Waals surface area (Å²) in [7, 11) is 0. The van der Waals surface area contributed by atoms with Crippen LogP contribution in [0.2, 0.25) is 0 Å². The second-order valence-corrected chi connectivity index (χ2v) is 5.84. The molecule has 3 heteroatoms. The van der Waals surface area contributed by atoms with Crippen molar-refractivity contribution in [3.8, 4) is 0 Å². The smallest absolute Gasteiger partial charge is 0.144 e. The fourth-order valence-electron chi connectivity index (χ4n) is 2.30. The van der Waals surface area contributed by atoms with Crippen molar-refractivity contribution < 1.29 is 9.18 Å². The largest absolute Gasteiger partial charge is 0.301 e. The molecule has 0 bridgehead atoms. The van der Waals surface area contributed by atoms with Gasteiger partial charge in [0, 0.05) is 17.5 Å². The molecule has 0 saturated heterocycles. The average molecular weight is 297 g/mol. The number of carbonyl (C=O) groups excluding carboxylic acids is 1. The van der Waals surface area contributed by atoms with Crippen molar-refractivity contribution >= 4 is 12.0 Å². The number of aldehydes is 1. The maximum absolute atomic E-state index is 13.9. The van der Waals surface area contributed by atoms with Crippen LogP contribution in [0, 0.1) is 0 Å². The van der Waals surface area contributed by atoms with E-state index in [1.165, 1.54) is 13.8 Å². The van der Waals surface area contributed by atoms with Gasteiger partial charge in [0.1, 0.15) is 18.0 Å². The van der Waals surface area contributed by atoms with E-state index in [0.29, 0.717) is 12.0 Å². The molecular weight excluding hydrogens is 277 g/mol. The topological polar surface area (TPSA) is 29.4 Å². The molecule has 2 nitrogen and oxygen atoms in total. The zero-order valence-electron chi connectivity index (χ0n) is 12.9. The molecule has 0 radical (unpaired) electrons. The number of hydrogen-bond donors (Lipinski definition) is 0. The Kier molecular flexibility index (Phi) is 5.21. The monoisotopic (exact) mass is 297 g/mol. The van der Waals surface area contributed by atoms with E-state index in [4.69, 9.17) is 0 Å². The molecule has 2 aromatic carbocycles. The highest BCUT2D eigenvalue weighted by Crippen LogP contribution is 2.19. The summed E-state index contributed by atoms with van der Waals surface area (Å²) in [6.45, 7) is 2.92. The van der Waals surface area contributed by atoms with Crippen LogP contribution in [0.3, 0.4) is 0 Å². The lowest BCUT2D eigenvalue weighted by molar-refractivity contribution is -0.109. The second-order valence-electron chi connectivity index (χ2n) is 5.84. The van der Waals surface area contributed by atoms with Crippen LogP contribution in [0.4, 0.5) is 4.39 Å². The summed E-state index contributed by atoms with van der Waals surface area (Å²) in [6, 6.07) is 18.6. The third-order valence-electron chi connectivity index (χ3n) is 3.24. The summed E-state index contributed by atoms with van der Waals surface area (Å²) in [5.74, 6) is 0. The zero-order chi connectivity index (χ0) is 16.0. The molecule has 0 aliphatic heterocycles. The lowest BCUT2D eigenvalue weighted by Gasteiger charge is -2.17. The van der Waals surface area contributed by atoms with Gasteiger partial charge in [-0.1, -0.05) is 60.7 Å². The first kappa shape index (κ1) is 16.1. The summed E-state index contributed by atoms with van der Waals surface area (Å²) >= 11 is 0. The van der Waals surface area contributed by atoms with Crippen molar-refractivity contribution in [2.45, 2.75) is 32.0 Å². The summed E-state index contributed by atoms with van der Waals surface area (Å²) in [6.07, 6.45) is 0.785. The fraction of sp³-hybridized carbons (Fsp3) is 0.263. The maximum atomic E-state index is 13.9. The van der Waals surface area contributed by atoms with Gasteiger partial charge in [-0.2, -0.15) is 0 Å². The van der Waals surface area contributed by atoms with Crippen LogP contribution in [0.25, 0.3) is 0 Å². The Morgan fingerprint density at radius 2 is 1.50 bits per heavy atom. The standard InChI is InChI=1S/C19H20FNO/c1-19(2,20)13-17(14-22)21-18(15-9-5-3-6-10-15)16-11-7-4-8-12-16/h3-12,14,17H,13H2,1-2H3. The van der Waals surface area contributed by atoms with Crippen molar-refractivity contribution in [3.05, 3.63) is 71.8 Å². The van der Waals surface area contributed by atoms with Crippen LogP contribution in [0.5, 0.6) is 0 Å². The molecule has 1 unspecified atom stereocenters. The molecule has 2 rings (SSSR count). The predicted octanol–water partition coefficient (Wildman–Crippen LogP) is 4.23. The minimum Gasteiger partial charge on any atom is -0.301 e. The quantitative estimate of drug-likeness (QED) is 0.579. The molecule has 1 atom stereocenters. The molecule has 0 saturated carbocycles. The van der Waals surface area contributed by atoms with Gasteiger partial charge in [-0.25, -0.2) is 4.39 Å². The van der Waals surface area contributed by atoms with Crippen LogP contribution in [0.1, 0.15) is 31.4 Å². The molecule has 0 heterocycles. The van der Waals surface area contributed by atoms with Crippen molar-refractivity contribution in [2.24, 2.45) is 4.99 Å². The molecule has 114 valence electrons. The highest BCUT2D eigenvalue weighted by atomic mass is 19.1. The van der Waals surface area contributed by atoms with Crippen LogP contribution < -0.4 is 0 Å². The van der Waals surface area contributed by atoms with Gasteiger partial charge in [0.2, 0.25) is 0 Å². The predicted molar refractivity (Wildman–Crippen MR) is 88.2 cm³/mol. The fourth-order valence-corrected chi connectivity index (χ4v) is 2.30. The highest BCUT2D eigenvalue weighted by Gasteiger charge is 2.22. The molecule has 0 amide bonds. The van der Waals surface area contributed by atoms with Crippen molar-refractivity contribution in [2.75, 3.05) is 0 Å². The lowest BCUT2D eigenvalue weighted by atomic mass is 9.99. The molecule has 0 spiro atoms. The van der Waals surface area contributed by atoms with Gasteiger partial charge < -0.3 is 4.79 Å². The van der Waals surface area contributed by atoms with E-state index in [1.54, 1.807) is 0 Å². The summed E-state index contributed by atoms with van der Waals surface area (Å²) < 4.78 is 13.9. The van der Waals surface area contributed by atoms with Gasteiger partial charge in [0.25, 0.3) is 0 Å². The first-order valence-corrected chi connectivity index (χ1v) is 7.32. The number of carbonyl (C=O) groups is 1. The number of nitrogens with zero attached hydrogens (tertiary/aromatic N) is 1. The van der Waals surface area contributed by atoms with Crippen LogP contribution in [0.15, 0.2) is 65.7 Å². The van der Waals surface area contributed by atoms with Gasteiger partial charge in [-0.05, 0) is 13.8 Å². The number of aliphatic imine (C=N–C) groups is 1. The first-order valence-electron chi connectivity index (χ1n) is 7.32. The van der Waals surface area contributed by atoms with Gasteiger partial charge >= 0.3 is 0 Å². The number of halogens is 1. The minimum absolute atomic E-state index is 0.0691. The number of benzene rings is 2. The zero-order valence-corrected chi connectivity index (χ0v) is 12.9.